The predicted octanol–water partition coefficient (Wildman–Crippen LogP) is 4.33. The van der Waals surface area contributed by atoms with Crippen molar-refractivity contribution in [2.75, 3.05) is 0 Å². The van der Waals surface area contributed by atoms with Gasteiger partial charge in [-0.2, -0.15) is 0 Å². The zero-order valence-electron chi connectivity index (χ0n) is 13.9. The molecule has 0 fully saturated rings. The highest BCUT2D eigenvalue weighted by atomic mass is 32.2. The monoisotopic (exact) mass is 363 g/mol. The maximum Gasteiger partial charge on any atom is 0.224 e. The van der Waals surface area contributed by atoms with Crippen molar-refractivity contribution < 1.29 is 13.3 Å². The van der Waals surface area contributed by atoms with Crippen molar-refractivity contribution in [2.45, 2.75) is 16.9 Å². The fraction of sp³-hybridized carbons (Fsp3) is 0.0952. The Morgan fingerprint density at radius 3 is 1.77 bits per heavy atom. The van der Waals surface area contributed by atoms with E-state index in [1.807, 2.05) is 60.7 Å². The van der Waals surface area contributed by atoms with Gasteiger partial charge >= 0.3 is 0 Å². The van der Waals surface area contributed by atoms with E-state index in [9.17, 15) is 8.42 Å². The molecule has 5 heteroatoms. The highest BCUT2D eigenvalue weighted by Crippen LogP contribution is 2.42. The van der Waals surface area contributed by atoms with Gasteiger partial charge in [-0.15, -0.1) is 0 Å². The molecule has 0 spiro atoms. The third-order valence-corrected chi connectivity index (χ3v) is 6.21. The lowest BCUT2D eigenvalue weighted by Gasteiger charge is -2.19. The summed E-state index contributed by atoms with van der Waals surface area (Å²) in [6, 6.07) is 27.4. The Kier molecular flexibility index (Phi) is 4.31. The van der Waals surface area contributed by atoms with Gasteiger partial charge in [0, 0.05) is 0 Å². The van der Waals surface area contributed by atoms with Crippen molar-refractivity contribution in [3.63, 3.8) is 0 Å². The van der Waals surface area contributed by atoms with Crippen LogP contribution < -0.4 is 0 Å². The Hall–Kier alpha value is -2.92. The average molecular weight is 363 g/mol. The van der Waals surface area contributed by atoms with Gasteiger partial charge in [0.25, 0.3) is 0 Å². The summed E-state index contributed by atoms with van der Waals surface area (Å²) in [4.78, 5) is 5.85. The second-order valence-corrected chi connectivity index (χ2v) is 7.97. The lowest BCUT2D eigenvalue weighted by atomic mass is 9.90. The van der Waals surface area contributed by atoms with Crippen molar-refractivity contribution in [1.82, 2.24) is 0 Å². The van der Waals surface area contributed by atoms with E-state index in [0.29, 0.717) is 0 Å². The molecule has 4 rings (SSSR count). The van der Waals surface area contributed by atoms with Gasteiger partial charge in [-0.25, -0.2) is 8.42 Å². The lowest BCUT2D eigenvalue weighted by Crippen LogP contribution is -2.23. The standard InChI is InChI=1S/C21H17NO3S/c23-26(24,18-14-8-3-9-15-18)21-19(16-10-4-1-5-11-16)20(25-22-21)17-12-6-2-7-13-17/h1-15,19-20H/t19-,20+/m0/s1. The molecule has 1 heterocycles. The van der Waals surface area contributed by atoms with Gasteiger partial charge < -0.3 is 4.84 Å². The molecule has 0 amide bonds. The van der Waals surface area contributed by atoms with E-state index in [4.69, 9.17) is 4.84 Å². The molecule has 2 atom stereocenters. The molecule has 0 aromatic heterocycles. The van der Waals surface area contributed by atoms with Crippen LogP contribution in [0.1, 0.15) is 23.1 Å². The summed E-state index contributed by atoms with van der Waals surface area (Å²) in [5.41, 5.74) is 1.75. The quantitative estimate of drug-likeness (QED) is 0.696. The van der Waals surface area contributed by atoms with Gasteiger partial charge in [0.2, 0.25) is 9.84 Å². The highest BCUT2D eigenvalue weighted by Gasteiger charge is 2.43. The summed E-state index contributed by atoms with van der Waals surface area (Å²) in [6.07, 6.45) is -0.480. The van der Waals surface area contributed by atoms with E-state index in [-0.39, 0.29) is 9.94 Å². The number of hydrogen-bond donors (Lipinski definition) is 0. The summed E-state index contributed by atoms with van der Waals surface area (Å²) in [5.74, 6) is -0.496. The molecule has 0 saturated heterocycles. The topological polar surface area (TPSA) is 55.7 Å². The second kappa shape index (κ2) is 6.77. The summed E-state index contributed by atoms with van der Waals surface area (Å²) >= 11 is 0. The normalized spacial score (nSPS) is 19.6. The van der Waals surface area contributed by atoms with Crippen LogP contribution in [0.3, 0.4) is 0 Å². The van der Waals surface area contributed by atoms with Crippen LogP contribution in [0.25, 0.3) is 0 Å². The summed E-state index contributed by atoms with van der Waals surface area (Å²) in [7, 11) is -3.75. The molecule has 0 bridgehead atoms. The van der Waals surface area contributed by atoms with Crippen LogP contribution in [0, 0.1) is 0 Å². The maximum atomic E-state index is 13.2. The van der Waals surface area contributed by atoms with Crippen molar-refractivity contribution >= 4 is 14.9 Å². The maximum absolute atomic E-state index is 13.2. The van der Waals surface area contributed by atoms with Crippen LogP contribution in [0.15, 0.2) is 101 Å². The second-order valence-electron chi connectivity index (χ2n) is 6.07. The SMILES string of the molecule is O=S(=O)(C1=NO[C@H](c2ccccc2)[C@@H]1c1ccccc1)c1ccccc1. The number of oxime groups is 1. The molecule has 130 valence electrons. The van der Waals surface area contributed by atoms with Crippen molar-refractivity contribution in [3.05, 3.63) is 102 Å². The van der Waals surface area contributed by atoms with Crippen LogP contribution in [-0.2, 0) is 14.7 Å². The molecule has 3 aromatic carbocycles. The fourth-order valence-corrected chi connectivity index (χ4v) is 4.66. The van der Waals surface area contributed by atoms with Gasteiger partial charge in [0.05, 0.1) is 10.8 Å². The Labute approximate surface area is 152 Å². The molecule has 3 aromatic rings. The molecular formula is C21H17NO3S. The zero-order chi connectivity index (χ0) is 18.0. The molecule has 4 nitrogen and oxygen atoms in total. The van der Waals surface area contributed by atoms with E-state index in [2.05, 4.69) is 5.16 Å². The van der Waals surface area contributed by atoms with Gasteiger partial charge in [0.1, 0.15) is 0 Å². The third kappa shape index (κ3) is 2.91. The van der Waals surface area contributed by atoms with Crippen molar-refractivity contribution in [3.8, 4) is 0 Å². The molecule has 0 saturated carbocycles. The first-order valence-corrected chi connectivity index (χ1v) is 9.80. The van der Waals surface area contributed by atoms with Gasteiger partial charge in [0.15, 0.2) is 11.1 Å². The minimum Gasteiger partial charge on any atom is -0.386 e. The van der Waals surface area contributed by atoms with Crippen LogP contribution in [0.4, 0.5) is 0 Å². The Balaban J connectivity index is 1.82. The average Bonchev–Trinajstić information content (AvgIpc) is 3.16. The molecule has 0 N–H and O–H groups in total. The Morgan fingerprint density at radius 2 is 1.19 bits per heavy atom. The van der Waals surface area contributed by atoms with Crippen LogP contribution in [0.5, 0.6) is 0 Å². The summed E-state index contributed by atoms with van der Waals surface area (Å²) in [6.45, 7) is 0. The molecule has 0 unspecified atom stereocenters. The lowest BCUT2D eigenvalue weighted by molar-refractivity contribution is 0.0763. The minimum atomic E-state index is -3.75. The van der Waals surface area contributed by atoms with Crippen LogP contribution in [-0.4, -0.2) is 13.5 Å². The molecule has 1 aliphatic rings. The van der Waals surface area contributed by atoms with E-state index < -0.39 is 21.9 Å². The smallest absolute Gasteiger partial charge is 0.224 e. The first-order valence-electron chi connectivity index (χ1n) is 8.31. The highest BCUT2D eigenvalue weighted by molar-refractivity contribution is 8.06. The number of benzene rings is 3. The van der Waals surface area contributed by atoms with E-state index >= 15 is 0 Å². The van der Waals surface area contributed by atoms with Crippen LogP contribution >= 0.6 is 0 Å². The third-order valence-electron chi connectivity index (χ3n) is 4.44. The van der Waals surface area contributed by atoms with Crippen molar-refractivity contribution in [1.29, 1.82) is 0 Å². The minimum absolute atomic E-state index is 0.0451. The largest absolute Gasteiger partial charge is 0.386 e. The van der Waals surface area contributed by atoms with E-state index in [1.54, 1.807) is 30.3 Å². The predicted molar refractivity (Wildman–Crippen MR) is 101 cm³/mol. The van der Waals surface area contributed by atoms with Gasteiger partial charge in [-0.3, -0.25) is 0 Å². The van der Waals surface area contributed by atoms with Gasteiger partial charge in [-0.1, -0.05) is 84.0 Å². The van der Waals surface area contributed by atoms with Crippen molar-refractivity contribution in [2.24, 2.45) is 5.16 Å². The first kappa shape index (κ1) is 16.5. The molecule has 0 radical (unpaired) electrons. The van der Waals surface area contributed by atoms with E-state index in [0.717, 1.165) is 11.1 Å². The fourth-order valence-electron chi connectivity index (χ4n) is 3.17. The van der Waals surface area contributed by atoms with Gasteiger partial charge in [-0.05, 0) is 23.3 Å². The number of nitrogens with zero attached hydrogens (tertiary/aromatic N) is 1. The number of rotatable bonds is 3. The molecule has 1 aliphatic heterocycles. The number of sulfone groups is 1. The zero-order valence-corrected chi connectivity index (χ0v) is 14.7. The molecular weight excluding hydrogens is 346 g/mol. The summed E-state index contributed by atoms with van der Waals surface area (Å²) in [5, 5.41) is 4.07. The Morgan fingerprint density at radius 1 is 0.692 bits per heavy atom. The summed E-state index contributed by atoms with van der Waals surface area (Å²) < 4.78 is 26.4. The molecule has 26 heavy (non-hydrogen) atoms. The Bertz CT molecular complexity index is 1020. The first-order chi connectivity index (χ1) is 12.7. The van der Waals surface area contributed by atoms with E-state index in [1.165, 1.54) is 0 Å². The van der Waals surface area contributed by atoms with Crippen LogP contribution in [0.2, 0.25) is 0 Å². The molecule has 0 aliphatic carbocycles. The number of hydrogen-bond acceptors (Lipinski definition) is 4.